The summed E-state index contributed by atoms with van der Waals surface area (Å²) in [6.07, 6.45) is 5.10. The lowest BCUT2D eigenvalue weighted by molar-refractivity contribution is 0.627. The molecule has 0 radical (unpaired) electrons. The molecule has 0 aliphatic carbocycles. The standard InChI is InChI=1S/C12H13FN2/c13-11-6-9(2-1-4-14)12-3-5-15-8-10(12)7-11/h3,5-8H,1-2,4,14H2. The minimum atomic E-state index is -0.206. The predicted molar refractivity (Wildman–Crippen MR) is 59.1 cm³/mol. The molecule has 0 fully saturated rings. The second-order valence-electron chi connectivity index (χ2n) is 3.55. The molecule has 0 atom stereocenters. The molecular weight excluding hydrogens is 191 g/mol. The quantitative estimate of drug-likeness (QED) is 0.832. The minimum Gasteiger partial charge on any atom is -0.330 e. The van der Waals surface area contributed by atoms with Crippen molar-refractivity contribution >= 4 is 10.8 Å². The maximum atomic E-state index is 13.3. The van der Waals surface area contributed by atoms with E-state index in [2.05, 4.69) is 4.98 Å². The maximum absolute atomic E-state index is 13.3. The number of pyridine rings is 1. The highest BCUT2D eigenvalue weighted by molar-refractivity contribution is 5.84. The summed E-state index contributed by atoms with van der Waals surface area (Å²) < 4.78 is 13.3. The Morgan fingerprint density at radius 1 is 1.33 bits per heavy atom. The Morgan fingerprint density at radius 2 is 2.20 bits per heavy atom. The third-order valence-electron chi connectivity index (χ3n) is 2.45. The number of nitrogens with zero attached hydrogens (tertiary/aromatic N) is 1. The normalized spacial score (nSPS) is 10.8. The summed E-state index contributed by atoms with van der Waals surface area (Å²) in [6, 6.07) is 5.01. The fraction of sp³-hybridized carbons (Fsp3) is 0.250. The zero-order valence-electron chi connectivity index (χ0n) is 8.41. The van der Waals surface area contributed by atoms with Crippen LogP contribution in [0.2, 0.25) is 0 Å². The van der Waals surface area contributed by atoms with E-state index in [0.29, 0.717) is 6.54 Å². The SMILES string of the molecule is NCCCc1cc(F)cc2cnccc12. The van der Waals surface area contributed by atoms with Crippen molar-refractivity contribution in [1.29, 1.82) is 0 Å². The Bertz CT molecular complexity index is 468. The van der Waals surface area contributed by atoms with Crippen LogP contribution in [0.3, 0.4) is 0 Å². The second-order valence-corrected chi connectivity index (χ2v) is 3.55. The van der Waals surface area contributed by atoms with Crippen LogP contribution in [0.1, 0.15) is 12.0 Å². The smallest absolute Gasteiger partial charge is 0.124 e. The molecule has 1 aromatic heterocycles. The van der Waals surface area contributed by atoms with Crippen molar-refractivity contribution in [2.75, 3.05) is 6.54 Å². The average Bonchev–Trinajstić information content (AvgIpc) is 2.25. The molecule has 0 unspecified atom stereocenters. The first-order valence-corrected chi connectivity index (χ1v) is 5.03. The molecule has 1 heterocycles. The Labute approximate surface area is 87.9 Å². The number of halogens is 1. The largest absolute Gasteiger partial charge is 0.330 e. The van der Waals surface area contributed by atoms with Gasteiger partial charge in [0, 0.05) is 17.8 Å². The molecule has 2 aromatic rings. The topological polar surface area (TPSA) is 38.9 Å². The highest BCUT2D eigenvalue weighted by Crippen LogP contribution is 2.20. The molecule has 0 bridgehead atoms. The summed E-state index contributed by atoms with van der Waals surface area (Å²) in [4.78, 5) is 3.98. The number of benzene rings is 1. The number of hydrogen-bond acceptors (Lipinski definition) is 2. The molecule has 1 aromatic carbocycles. The molecule has 78 valence electrons. The molecule has 3 heteroatoms. The van der Waals surface area contributed by atoms with Crippen molar-refractivity contribution in [2.45, 2.75) is 12.8 Å². The van der Waals surface area contributed by atoms with Gasteiger partial charge in [-0.15, -0.1) is 0 Å². The first kappa shape index (κ1) is 10.1. The molecule has 0 saturated carbocycles. The Kier molecular flexibility index (Phi) is 2.92. The molecule has 0 aliphatic heterocycles. The maximum Gasteiger partial charge on any atom is 0.124 e. The van der Waals surface area contributed by atoms with Crippen LogP contribution in [0.5, 0.6) is 0 Å². The molecule has 2 N–H and O–H groups in total. The van der Waals surface area contributed by atoms with Gasteiger partial charge >= 0.3 is 0 Å². The van der Waals surface area contributed by atoms with Crippen LogP contribution in [0.25, 0.3) is 10.8 Å². The van der Waals surface area contributed by atoms with E-state index in [1.807, 2.05) is 6.07 Å². The molecule has 2 rings (SSSR count). The van der Waals surface area contributed by atoms with E-state index < -0.39 is 0 Å². The zero-order valence-corrected chi connectivity index (χ0v) is 8.41. The van der Waals surface area contributed by atoms with E-state index in [-0.39, 0.29) is 5.82 Å². The van der Waals surface area contributed by atoms with E-state index in [9.17, 15) is 4.39 Å². The lowest BCUT2D eigenvalue weighted by Gasteiger charge is -2.05. The van der Waals surface area contributed by atoms with Crippen molar-refractivity contribution in [1.82, 2.24) is 4.98 Å². The van der Waals surface area contributed by atoms with Gasteiger partial charge in [-0.25, -0.2) is 4.39 Å². The summed E-state index contributed by atoms with van der Waals surface area (Å²) in [5.74, 6) is -0.206. The molecular formula is C12H13FN2. The highest BCUT2D eigenvalue weighted by Gasteiger charge is 2.03. The van der Waals surface area contributed by atoms with Crippen LogP contribution in [-0.4, -0.2) is 11.5 Å². The van der Waals surface area contributed by atoms with Crippen LogP contribution >= 0.6 is 0 Å². The average molecular weight is 204 g/mol. The fourth-order valence-electron chi connectivity index (χ4n) is 1.75. The Hall–Kier alpha value is -1.48. The van der Waals surface area contributed by atoms with Crippen LogP contribution in [0.15, 0.2) is 30.6 Å². The number of aryl methyl sites for hydroxylation is 1. The first-order valence-electron chi connectivity index (χ1n) is 5.03. The number of nitrogens with two attached hydrogens (primary N) is 1. The van der Waals surface area contributed by atoms with Gasteiger partial charge in [0.2, 0.25) is 0 Å². The molecule has 0 saturated heterocycles. The van der Waals surface area contributed by atoms with Crippen LogP contribution in [0.4, 0.5) is 4.39 Å². The van der Waals surface area contributed by atoms with E-state index in [4.69, 9.17) is 5.73 Å². The Morgan fingerprint density at radius 3 is 3.00 bits per heavy atom. The van der Waals surface area contributed by atoms with Gasteiger partial charge in [0.25, 0.3) is 0 Å². The van der Waals surface area contributed by atoms with Gasteiger partial charge in [-0.1, -0.05) is 0 Å². The lowest BCUT2D eigenvalue weighted by Crippen LogP contribution is -2.01. The summed E-state index contributed by atoms with van der Waals surface area (Å²) in [5.41, 5.74) is 6.46. The molecule has 0 aliphatic rings. The first-order chi connectivity index (χ1) is 7.31. The monoisotopic (exact) mass is 204 g/mol. The summed E-state index contributed by atoms with van der Waals surface area (Å²) >= 11 is 0. The van der Waals surface area contributed by atoms with E-state index >= 15 is 0 Å². The van der Waals surface area contributed by atoms with Gasteiger partial charge in [-0.2, -0.15) is 0 Å². The lowest BCUT2D eigenvalue weighted by atomic mass is 10.0. The third kappa shape index (κ3) is 2.13. The summed E-state index contributed by atoms with van der Waals surface area (Å²) in [6.45, 7) is 0.628. The van der Waals surface area contributed by atoms with Crippen molar-refractivity contribution in [3.05, 3.63) is 42.0 Å². The molecule has 2 nitrogen and oxygen atoms in total. The summed E-state index contributed by atoms with van der Waals surface area (Å²) in [5, 5.41) is 1.92. The van der Waals surface area contributed by atoms with Gasteiger partial charge in [-0.05, 0) is 48.5 Å². The molecule has 15 heavy (non-hydrogen) atoms. The second kappa shape index (κ2) is 4.36. The summed E-state index contributed by atoms with van der Waals surface area (Å²) in [7, 11) is 0. The predicted octanol–water partition coefficient (Wildman–Crippen LogP) is 2.27. The minimum absolute atomic E-state index is 0.206. The van der Waals surface area contributed by atoms with E-state index in [1.54, 1.807) is 18.5 Å². The molecule has 0 amide bonds. The van der Waals surface area contributed by atoms with Gasteiger partial charge in [-0.3, -0.25) is 4.98 Å². The van der Waals surface area contributed by atoms with Gasteiger partial charge in [0.1, 0.15) is 5.82 Å². The van der Waals surface area contributed by atoms with Crippen molar-refractivity contribution in [2.24, 2.45) is 5.73 Å². The van der Waals surface area contributed by atoms with Crippen LogP contribution in [-0.2, 0) is 6.42 Å². The number of rotatable bonds is 3. The highest BCUT2D eigenvalue weighted by atomic mass is 19.1. The van der Waals surface area contributed by atoms with Gasteiger partial charge in [0.15, 0.2) is 0 Å². The van der Waals surface area contributed by atoms with Crippen LogP contribution in [0, 0.1) is 5.82 Å². The van der Waals surface area contributed by atoms with Crippen molar-refractivity contribution in [3.63, 3.8) is 0 Å². The van der Waals surface area contributed by atoms with Gasteiger partial charge in [0.05, 0.1) is 0 Å². The number of hydrogen-bond donors (Lipinski definition) is 1. The Balaban J connectivity index is 2.50. The van der Waals surface area contributed by atoms with Crippen molar-refractivity contribution < 1.29 is 4.39 Å². The number of aromatic nitrogens is 1. The number of fused-ring (bicyclic) bond motifs is 1. The zero-order chi connectivity index (χ0) is 10.7. The van der Waals surface area contributed by atoms with E-state index in [0.717, 1.165) is 29.2 Å². The molecule has 0 spiro atoms. The fourth-order valence-corrected chi connectivity index (χ4v) is 1.75. The van der Waals surface area contributed by atoms with Crippen molar-refractivity contribution in [3.8, 4) is 0 Å². The third-order valence-corrected chi connectivity index (χ3v) is 2.45. The van der Waals surface area contributed by atoms with Crippen LogP contribution < -0.4 is 5.73 Å². The van der Waals surface area contributed by atoms with Gasteiger partial charge < -0.3 is 5.73 Å². The van der Waals surface area contributed by atoms with E-state index in [1.165, 1.54) is 6.07 Å².